The second-order valence-corrected chi connectivity index (χ2v) is 3.95. The Bertz CT molecular complexity index is 486. The molecule has 1 aliphatic rings. The average molecular weight is 203 g/mol. The van der Waals surface area contributed by atoms with E-state index >= 15 is 0 Å². The number of hydrogen-bond acceptors (Lipinski definition) is 4. The van der Waals surface area contributed by atoms with Gasteiger partial charge in [-0.3, -0.25) is 0 Å². The van der Waals surface area contributed by atoms with Crippen LogP contribution in [0.5, 0.6) is 0 Å². The van der Waals surface area contributed by atoms with E-state index in [-0.39, 0.29) is 0 Å². The fraction of sp³-hybridized carbons (Fsp3) is 0.400. The largest absolute Gasteiger partial charge is 0.399 e. The van der Waals surface area contributed by atoms with E-state index in [0.29, 0.717) is 6.04 Å². The monoisotopic (exact) mass is 203 g/mol. The maximum Gasteiger partial charge on any atom is 0.165 e. The zero-order valence-electron chi connectivity index (χ0n) is 8.35. The Labute approximate surface area is 87.3 Å². The lowest BCUT2D eigenvalue weighted by Crippen LogP contribution is -2.16. The summed E-state index contributed by atoms with van der Waals surface area (Å²) in [5.41, 5.74) is 7.20. The van der Waals surface area contributed by atoms with Gasteiger partial charge in [-0.2, -0.15) is 0 Å². The summed E-state index contributed by atoms with van der Waals surface area (Å²) in [4.78, 5) is 4.38. The number of hydrogen-bond donors (Lipinski definition) is 2. The molecule has 1 aliphatic carbocycles. The summed E-state index contributed by atoms with van der Waals surface area (Å²) < 4.78 is 1.75. The van der Waals surface area contributed by atoms with Crippen molar-refractivity contribution in [3.63, 3.8) is 0 Å². The summed E-state index contributed by atoms with van der Waals surface area (Å²) in [5, 5.41) is 7.72. The van der Waals surface area contributed by atoms with E-state index in [2.05, 4.69) is 15.4 Å². The van der Waals surface area contributed by atoms with Gasteiger partial charge < -0.3 is 11.1 Å². The van der Waals surface area contributed by atoms with Crippen LogP contribution < -0.4 is 11.1 Å². The molecular formula is C10H13N5. The first kappa shape index (κ1) is 8.67. The van der Waals surface area contributed by atoms with Gasteiger partial charge in [0.2, 0.25) is 0 Å². The van der Waals surface area contributed by atoms with E-state index < -0.39 is 0 Å². The molecule has 0 aliphatic heterocycles. The minimum Gasteiger partial charge on any atom is -0.399 e. The summed E-state index contributed by atoms with van der Waals surface area (Å²) in [7, 11) is 0. The number of pyridine rings is 1. The van der Waals surface area contributed by atoms with Gasteiger partial charge in [-0.1, -0.05) is 0 Å². The molecule has 1 saturated carbocycles. The minimum absolute atomic E-state index is 0.682. The summed E-state index contributed by atoms with van der Waals surface area (Å²) >= 11 is 0. The highest BCUT2D eigenvalue weighted by Gasteiger charge is 2.20. The Morgan fingerprint density at radius 1 is 1.53 bits per heavy atom. The molecule has 1 fully saturated rings. The molecule has 78 valence electrons. The molecule has 0 amide bonds. The van der Waals surface area contributed by atoms with Crippen molar-refractivity contribution in [3.8, 4) is 0 Å². The third-order valence-corrected chi connectivity index (χ3v) is 2.53. The molecule has 0 atom stereocenters. The number of fused-ring (bicyclic) bond motifs is 1. The van der Waals surface area contributed by atoms with Crippen LogP contribution >= 0.6 is 0 Å². The molecule has 2 aromatic heterocycles. The van der Waals surface area contributed by atoms with Gasteiger partial charge in [-0.25, -0.2) is 9.50 Å². The summed E-state index contributed by atoms with van der Waals surface area (Å²) in [6.45, 7) is 0.742. The molecule has 0 radical (unpaired) electrons. The normalized spacial score (nSPS) is 16.0. The molecule has 2 heterocycles. The fourth-order valence-electron chi connectivity index (χ4n) is 1.54. The van der Waals surface area contributed by atoms with Crippen molar-refractivity contribution in [1.29, 1.82) is 0 Å². The first-order valence-electron chi connectivity index (χ1n) is 5.15. The highest BCUT2D eigenvalue weighted by Crippen LogP contribution is 2.18. The van der Waals surface area contributed by atoms with Crippen LogP contribution in [0.25, 0.3) is 5.65 Å². The molecule has 5 heteroatoms. The Hall–Kier alpha value is -1.62. The number of nitrogens with two attached hydrogens (primary N) is 1. The van der Waals surface area contributed by atoms with Gasteiger partial charge >= 0.3 is 0 Å². The van der Waals surface area contributed by atoms with Gasteiger partial charge in [0.25, 0.3) is 0 Å². The summed E-state index contributed by atoms with van der Waals surface area (Å²) in [6, 6.07) is 4.33. The van der Waals surface area contributed by atoms with Gasteiger partial charge in [0.05, 0.1) is 6.54 Å². The van der Waals surface area contributed by atoms with Crippen molar-refractivity contribution >= 4 is 11.3 Å². The van der Waals surface area contributed by atoms with Crippen molar-refractivity contribution in [2.24, 2.45) is 0 Å². The predicted octanol–water partition coefficient (Wildman–Crippen LogP) is 0.563. The number of aromatic nitrogens is 3. The van der Waals surface area contributed by atoms with Gasteiger partial charge in [0.15, 0.2) is 11.5 Å². The summed E-state index contributed by atoms with van der Waals surface area (Å²) in [5.74, 6) is 0.826. The average Bonchev–Trinajstić information content (AvgIpc) is 2.95. The highest BCUT2D eigenvalue weighted by molar-refractivity contribution is 5.50. The van der Waals surface area contributed by atoms with Crippen molar-refractivity contribution in [2.45, 2.75) is 25.4 Å². The Balaban J connectivity index is 1.84. The number of nitrogens with zero attached hydrogens (tertiary/aromatic N) is 3. The molecular weight excluding hydrogens is 190 g/mol. The molecule has 0 bridgehead atoms. The van der Waals surface area contributed by atoms with Gasteiger partial charge in [-0.15, -0.1) is 5.10 Å². The quantitative estimate of drug-likeness (QED) is 0.765. The third kappa shape index (κ3) is 1.78. The molecule has 0 unspecified atom stereocenters. The minimum atomic E-state index is 0.682. The van der Waals surface area contributed by atoms with Crippen molar-refractivity contribution in [3.05, 3.63) is 24.2 Å². The lowest BCUT2D eigenvalue weighted by atomic mass is 10.4. The number of anilines is 1. The van der Waals surface area contributed by atoms with Crippen LogP contribution in [0.4, 0.5) is 5.69 Å². The third-order valence-electron chi connectivity index (χ3n) is 2.53. The second kappa shape index (κ2) is 3.20. The maximum absolute atomic E-state index is 5.67. The van der Waals surface area contributed by atoms with E-state index in [1.165, 1.54) is 12.8 Å². The molecule has 3 rings (SSSR count). The zero-order chi connectivity index (χ0) is 10.3. The van der Waals surface area contributed by atoms with E-state index in [1.54, 1.807) is 4.52 Å². The number of nitrogen functional groups attached to an aromatic ring is 1. The highest BCUT2D eigenvalue weighted by atomic mass is 15.3. The van der Waals surface area contributed by atoms with E-state index in [1.807, 2.05) is 18.3 Å². The maximum atomic E-state index is 5.67. The molecule has 5 nitrogen and oxygen atoms in total. The molecule has 15 heavy (non-hydrogen) atoms. The molecule has 2 aromatic rings. The molecule has 0 spiro atoms. The molecule has 0 saturated heterocycles. The van der Waals surface area contributed by atoms with E-state index in [0.717, 1.165) is 23.7 Å². The van der Waals surface area contributed by atoms with Crippen molar-refractivity contribution in [1.82, 2.24) is 19.9 Å². The lowest BCUT2D eigenvalue weighted by Gasteiger charge is -1.95. The van der Waals surface area contributed by atoms with Gasteiger partial charge in [-0.05, 0) is 18.9 Å². The van der Waals surface area contributed by atoms with Gasteiger partial charge in [0.1, 0.15) is 0 Å². The standard InChI is InChI=1S/C10H13N5/c11-7-3-4-15-10(5-7)13-9(14-15)6-12-8-1-2-8/h3-5,8,12H,1-2,6,11H2. The van der Waals surface area contributed by atoms with Crippen LogP contribution in [-0.2, 0) is 6.54 Å². The van der Waals surface area contributed by atoms with Crippen molar-refractivity contribution < 1.29 is 0 Å². The molecule has 0 aromatic carbocycles. The fourth-order valence-corrected chi connectivity index (χ4v) is 1.54. The van der Waals surface area contributed by atoms with E-state index in [9.17, 15) is 0 Å². The van der Waals surface area contributed by atoms with Crippen LogP contribution in [0.15, 0.2) is 18.3 Å². The number of rotatable bonds is 3. The van der Waals surface area contributed by atoms with Crippen molar-refractivity contribution in [2.75, 3.05) is 5.73 Å². The second-order valence-electron chi connectivity index (χ2n) is 3.95. The predicted molar refractivity (Wildman–Crippen MR) is 57.3 cm³/mol. The van der Waals surface area contributed by atoms with Crippen LogP contribution in [-0.4, -0.2) is 20.6 Å². The Morgan fingerprint density at radius 2 is 2.40 bits per heavy atom. The lowest BCUT2D eigenvalue weighted by molar-refractivity contribution is 0.656. The van der Waals surface area contributed by atoms with Crippen LogP contribution in [0, 0.1) is 0 Å². The Morgan fingerprint density at radius 3 is 3.20 bits per heavy atom. The van der Waals surface area contributed by atoms with Crippen LogP contribution in [0.2, 0.25) is 0 Å². The topological polar surface area (TPSA) is 68.2 Å². The molecule has 3 N–H and O–H groups in total. The van der Waals surface area contributed by atoms with E-state index in [4.69, 9.17) is 5.73 Å². The Kier molecular flexibility index (Phi) is 1.85. The summed E-state index contributed by atoms with van der Waals surface area (Å²) in [6.07, 6.45) is 4.39. The SMILES string of the molecule is Nc1ccn2nc(CNC3CC3)nc2c1. The van der Waals surface area contributed by atoms with Crippen LogP contribution in [0.1, 0.15) is 18.7 Å². The first-order chi connectivity index (χ1) is 7.31. The van der Waals surface area contributed by atoms with Crippen LogP contribution in [0.3, 0.4) is 0 Å². The smallest absolute Gasteiger partial charge is 0.165 e. The first-order valence-corrected chi connectivity index (χ1v) is 5.15. The number of nitrogens with one attached hydrogen (secondary N) is 1. The van der Waals surface area contributed by atoms with Gasteiger partial charge in [0, 0.05) is 24.0 Å². The zero-order valence-corrected chi connectivity index (χ0v) is 8.35.